The van der Waals surface area contributed by atoms with Crippen LogP contribution in [0.1, 0.15) is 28.1 Å². The van der Waals surface area contributed by atoms with Crippen molar-refractivity contribution >= 4 is 27.4 Å². The number of amides is 2. The van der Waals surface area contributed by atoms with Crippen LogP contribution in [0.5, 0.6) is 0 Å². The monoisotopic (exact) mass is 381 g/mol. The highest BCUT2D eigenvalue weighted by Crippen LogP contribution is 2.35. The molecular weight excluding hydrogens is 362 g/mol. The van der Waals surface area contributed by atoms with Gasteiger partial charge in [0.2, 0.25) is 10.0 Å². The first-order valence-corrected chi connectivity index (χ1v) is 10.3. The normalized spacial score (nSPS) is 22.3. The van der Waals surface area contributed by atoms with Crippen LogP contribution in [0.2, 0.25) is 0 Å². The molecular formula is C15H19N5O3S2. The minimum atomic E-state index is -3.44. The summed E-state index contributed by atoms with van der Waals surface area (Å²) >= 11 is 1.36. The molecule has 0 spiro atoms. The molecule has 2 amide bonds. The van der Waals surface area contributed by atoms with Gasteiger partial charge in [-0.2, -0.15) is 4.31 Å². The number of thiophene rings is 1. The molecule has 25 heavy (non-hydrogen) atoms. The van der Waals surface area contributed by atoms with Crippen molar-refractivity contribution in [3.8, 4) is 0 Å². The summed E-state index contributed by atoms with van der Waals surface area (Å²) in [6.45, 7) is 3.23. The van der Waals surface area contributed by atoms with Gasteiger partial charge in [-0.25, -0.2) is 18.2 Å². The van der Waals surface area contributed by atoms with Gasteiger partial charge in [0.05, 0.1) is 28.9 Å². The van der Waals surface area contributed by atoms with Gasteiger partial charge in [0.1, 0.15) is 5.82 Å². The molecule has 0 radical (unpaired) electrons. The second-order valence-electron chi connectivity index (χ2n) is 6.36. The van der Waals surface area contributed by atoms with Gasteiger partial charge < -0.3 is 15.2 Å². The molecule has 4 rings (SSSR count). The van der Waals surface area contributed by atoms with Crippen molar-refractivity contribution in [3.63, 3.8) is 0 Å². The van der Waals surface area contributed by atoms with Gasteiger partial charge in [-0.15, -0.1) is 11.3 Å². The molecule has 0 aliphatic carbocycles. The summed E-state index contributed by atoms with van der Waals surface area (Å²) in [6.07, 6.45) is 0.719. The number of carbonyl (C=O) groups excluding carboxylic acids is 1. The smallest absolute Gasteiger partial charge is 0.318 e. The Labute approximate surface area is 149 Å². The Balaban J connectivity index is 1.52. The number of urea groups is 1. The fraction of sp³-hybridized carbons (Fsp3) is 0.467. The number of imidazole rings is 1. The third-order valence-corrected chi connectivity index (χ3v) is 7.68. The number of nitrogens with one attached hydrogen (secondary N) is 2. The fourth-order valence-corrected chi connectivity index (χ4v) is 6.04. The molecule has 2 N–H and O–H groups in total. The summed E-state index contributed by atoms with van der Waals surface area (Å²) < 4.78 is 26.0. The molecule has 8 nitrogen and oxygen atoms in total. The number of fused-ring (bicyclic) bond motifs is 2. The Hall–Kier alpha value is -1.91. The summed E-state index contributed by atoms with van der Waals surface area (Å²) in [4.78, 5) is 23.0. The number of sulfonamides is 1. The van der Waals surface area contributed by atoms with E-state index >= 15 is 0 Å². The number of rotatable bonds is 1. The zero-order valence-electron chi connectivity index (χ0n) is 13.9. The van der Waals surface area contributed by atoms with Gasteiger partial charge >= 0.3 is 6.03 Å². The van der Waals surface area contributed by atoms with E-state index in [-0.39, 0.29) is 18.6 Å². The number of likely N-dealkylation sites (N-methyl/N-ethyl adjacent to an activating group) is 1. The summed E-state index contributed by atoms with van der Waals surface area (Å²) in [5.74, 6) is 0.856. The lowest BCUT2D eigenvalue weighted by Crippen LogP contribution is -2.48. The summed E-state index contributed by atoms with van der Waals surface area (Å²) in [6, 6.07) is 1.08. The molecule has 2 aliphatic heterocycles. The molecule has 0 saturated carbocycles. The second-order valence-corrected chi connectivity index (χ2v) is 9.32. The minimum Gasteiger partial charge on any atom is -0.344 e. The quantitative estimate of drug-likeness (QED) is 0.776. The zero-order valence-corrected chi connectivity index (χ0v) is 15.6. The largest absolute Gasteiger partial charge is 0.344 e. The summed E-state index contributed by atoms with van der Waals surface area (Å²) in [5.41, 5.74) is 1.99. The van der Waals surface area contributed by atoms with Gasteiger partial charge in [-0.3, -0.25) is 0 Å². The number of aryl methyl sites for hydroxylation is 1. The maximum atomic E-state index is 12.7. The van der Waals surface area contributed by atoms with Gasteiger partial charge in [-0.05, 0) is 18.4 Å². The maximum Gasteiger partial charge on any atom is 0.318 e. The number of nitrogens with zero attached hydrogens (tertiary/aromatic N) is 3. The van der Waals surface area contributed by atoms with Crippen molar-refractivity contribution in [3.05, 3.63) is 33.5 Å². The number of carbonyl (C=O) groups is 1. The average Bonchev–Trinajstić information content (AvgIpc) is 3.18. The second kappa shape index (κ2) is 5.82. The van der Waals surface area contributed by atoms with E-state index in [0.29, 0.717) is 22.9 Å². The molecule has 4 heterocycles. The van der Waals surface area contributed by atoms with E-state index < -0.39 is 10.0 Å². The topological polar surface area (TPSA) is 98.4 Å². The van der Waals surface area contributed by atoms with Crippen LogP contribution < -0.4 is 5.32 Å². The Bertz CT molecular complexity index is 933. The van der Waals surface area contributed by atoms with Crippen LogP contribution in [0.25, 0.3) is 0 Å². The van der Waals surface area contributed by atoms with Gasteiger partial charge in [0, 0.05) is 31.4 Å². The van der Waals surface area contributed by atoms with Crippen LogP contribution >= 0.6 is 11.3 Å². The first-order valence-electron chi connectivity index (χ1n) is 8.00. The first-order chi connectivity index (χ1) is 11.9. The number of aromatic amines is 1. The van der Waals surface area contributed by atoms with Crippen molar-refractivity contribution < 1.29 is 13.2 Å². The van der Waals surface area contributed by atoms with E-state index in [2.05, 4.69) is 15.3 Å². The molecule has 2 aliphatic rings. The lowest BCUT2D eigenvalue weighted by Gasteiger charge is -2.33. The lowest BCUT2D eigenvalue weighted by molar-refractivity contribution is 0.185. The molecule has 2 aromatic heterocycles. The Morgan fingerprint density at radius 1 is 1.48 bits per heavy atom. The highest BCUT2D eigenvalue weighted by Gasteiger charge is 2.37. The van der Waals surface area contributed by atoms with Crippen molar-refractivity contribution in [2.24, 2.45) is 0 Å². The van der Waals surface area contributed by atoms with Crippen molar-refractivity contribution in [2.75, 3.05) is 20.1 Å². The van der Waals surface area contributed by atoms with E-state index in [4.69, 9.17) is 0 Å². The van der Waals surface area contributed by atoms with E-state index in [1.54, 1.807) is 16.3 Å². The predicted molar refractivity (Wildman–Crippen MR) is 92.8 cm³/mol. The van der Waals surface area contributed by atoms with E-state index in [1.807, 2.05) is 6.92 Å². The van der Waals surface area contributed by atoms with Gasteiger partial charge in [0.25, 0.3) is 0 Å². The van der Waals surface area contributed by atoms with E-state index in [9.17, 15) is 13.2 Å². The first kappa shape index (κ1) is 16.6. The van der Waals surface area contributed by atoms with Gasteiger partial charge in [-0.1, -0.05) is 0 Å². The van der Waals surface area contributed by atoms with Crippen LogP contribution in [0, 0.1) is 6.92 Å². The SMILES string of the molecule is Cc1nc2c([nH]1)CN(C(=O)N[C@@H]1CN(C)S(=O)(=O)c3ccsc31)CC2. The zero-order chi connectivity index (χ0) is 17.8. The van der Waals surface area contributed by atoms with E-state index in [1.165, 1.54) is 22.7 Å². The van der Waals surface area contributed by atoms with Crippen LogP contribution in [0.4, 0.5) is 4.79 Å². The summed E-state index contributed by atoms with van der Waals surface area (Å²) in [7, 11) is -1.91. The molecule has 2 aromatic rings. The van der Waals surface area contributed by atoms with Crippen LogP contribution in [0.3, 0.4) is 0 Å². The molecule has 1 atom stereocenters. The minimum absolute atomic E-state index is 0.185. The number of H-pyrrole nitrogens is 1. The molecule has 0 unspecified atom stereocenters. The third-order valence-electron chi connectivity index (χ3n) is 4.64. The van der Waals surface area contributed by atoms with Crippen LogP contribution in [-0.4, -0.2) is 53.8 Å². The number of aromatic nitrogens is 2. The molecule has 0 bridgehead atoms. The van der Waals surface area contributed by atoms with Crippen molar-refractivity contribution in [1.82, 2.24) is 24.5 Å². The fourth-order valence-electron chi connectivity index (χ4n) is 3.34. The van der Waals surface area contributed by atoms with Crippen molar-refractivity contribution in [1.29, 1.82) is 0 Å². The summed E-state index contributed by atoms with van der Waals surface area (Å²) in [5, 5.41) is 4.74. The molecule has 0 saturated heterocycles. The Kier molecular flexibility index (Phi) is 3.85. The Morgan fingerprint density at radius 3 is 3.08 bits per heavy atom. The number of hydrogen-bond donors (Lipinski definition) is 2. The van der Waals surface area contributed by atoms with Crippen LogP contribution in [0.15, 0.2) is 16.3 Å². The van der Waals surface area contributed by atoms with Gasteiger partial charge in [0.15, 0.2) is 0 Å². The Morgan fingerprint density at radius 2 is 2.28 bits per heavy atom. The standard InChI is InChI=1S/C15H19N5O3S2/c1-9-16-10-3-5-20(8-11(10)17-9)15(21)18-12-7-19(2)25(22,23)13-4-6-24-14(12)13/h4,6,12H,3,5,7-8H2,1-2H3,(H,16,17)(H,18,21)/t12-/m1/s1. The van der Waals surface area contributed by atoms with E-state index in [0.717, 1.165) is 23.6 Å². The maximum absolute atomic E-state index is 12.7. The lowest BCUT2D eigenvalue weighted by atomic mass is 10.1. The molecule has 10 heteroatoms. The average molecular weight is 381 g/mol. The van der Waals surface area contributed by atoms with Crippen LogP contribution in [-0.2, 0) is 23.0 Å². The molecule has 0 fully saturated rings. The molecule has 134 valence electrons. The highest BCUT2D eigenvalue weighted by atomic mass is 32.2. The number of hydrogen-bond acceptors (Lipinski definition) is 5. The third kappa shape index (κ3) is 2.74. The predicted octanol–water partition coefficient (Wildman–Crippen LogP) is 1.22. The highest BCUT2D eigenvalue weighted by molar-refractivity contribution is 7.89. The molecule has 0 aromatic carbocycles. The van der Waals surface area contributed by atoms with Crippen molar-refractivity contribution in [2.45, 2.75) is 30.8 Å².